The zero-order valence-corrected chi connectivity index (χ0v) is 13.5. The van der Waals surface area contributed by atoms with Crippen LogP contribution in [0.25, 0.3) is 0 Å². The largest absolute Gasteiger partial charge is 0.465 e. The van der Waals surface area contributed by atoms with E-state index in [2.05, 4.69) is 5.32 Å². The van der Waals surface area contributed by atoms with Gasteiger partial charge in [0.1, 0.15) is 0 Å². The average Bonchev–Trinajstić information content (AvgIpc) is 2.51. The number of esters is 1. The number of methoxy groups -OCH3 is 1. The van der Waals surface area contributed by atoms with E-state index in [4.69, 9.17) is 9.47 Å². The van der Waals surface area contributed by atoms with Crippen LogP contribution >= 0.6 is 0 Å². The number of nitrogens with one attached hydrogen (secondary N) is 1. The molecule has 5 nitrogen and oxygen atoms in total. The van der Waals surface area contributed by atoms with Gasteiger partial charge in [-0.1, -0.05) is 44.2 Å². The summed E-state index contributed by atoms with van der Waals surface area (Å²) in [6.45, 7) is 4.92. The first-order valence-electron chi connectivity index (χ1n) is 7.49. The maximum Gasteiger partial charge on any atom is 0.306 e. The van der Waals surface area contributed by atoms with Crippen molar-refractivity contribution in [3.05, 3.63) is 35.9 Å². The summed E-state index contributed by atoms with van der Waals surface area (Å²) in [5.41, 5.74) is 1.01. The molecule has 0 aromatic heterocycles. The molecule has 0 bridgehead atoms. The van der Waals surface area contributed by atoms with Crippen molar-refractivity contribution in [2.45, 2.75) is 26.8 Å². The van der Waals surface area contributed by atoms with E-state index in [0.717, 1.165) is 5.56 Å². The van der Waals surface area contributed by atoms with Crippen LogP contribution in [-0.4, -0.2) is 32.2 Å². The van der Waals surface area contributed by atoms with Gasteiger partial charge in [-0.25, -0.2) is 0 Å². The van der Waals surface area contributed by atoms with Crippen molar-refractivity contribution in [1.29, 1.82) is 0 Å². The molecule has 0 unspecified atom stereocenters. The molecule has 1 N–H and O–H groups in total. The smallest absolute Gasteiger partial charge is 0.306 e. The topological polar surface area (TPSA) is 64.6 Å². The number of carbonyl (C=O) groups excluding carboxylic acids is 2. The standard InChI is InChI=1S/C17H25NO4/c1-13(2)11-22-16(19)9-15(12-21-3)17(20)18-10-14-7-5-4-6-8-14/h4-8,13,15H,9-12H2,1-3H3,(H,18,20)/t15-/m1/s1. The van der Waals surface area contributed by atoms with Crippen molar-refractivity contribution >= 4 is 11.9 Å². The van der Waals surface area contributed by atoms with Crippen molar-refractivity contribution in [3.63, 3.8) is 0 Å². The Labute approximate surface area is 132 Å². The van der Waals surface area contributed by atoms with Gasteiger partial charge >= 0.3 is 5.97 Å². The summed E-state index contributed by atoms with van der Waals surface area (Å²) in [4.78, 5) is 23.9. The maximum absolute atomic E-state index is 12.2. The minimum atomic E-state index is -0.534. The number of rotatable bonds is 9. The number of carbonyl (C=O) groups is 2. The van der Waals surface area contributed by atoms with Crippen LogP contribution in [0.15, 0.2) is 30.3 Å². The maximum atomic E-state index is 12.2. The quantitative estimate of drug-likeness (QED) is 0.710. The number of benzene rings is 1. The summed E-state index contributed by atoms with van der Waals surface area (Å²) in [5.74, 6) is -0.831. The van der Waals surface area contributed by atoms with Crippen LogP contribution in [0.4, 0.5) is 0 Å². The highest BCUT2D eigenvalue weighted by Crippen LogP contribution is 2.08. The molecule has 0 fully saturated rings. The van der Waals surface area contributed by atoms with E-state index >= 15 is 0 Å². The molecular formula is C17H25NO4. The number of hydrogen-bond acceptors (Lipinski definition) is 4. The molecule has 0 radical (unpaired) electrons. The van der Waals surface area contributed by atoms with Crippen molar-refractivity contribution in [2.75, 3.05) is 20.3 Å². The predicted molar refractivity (Wildman–Crippen MR) is 84.1 cm³/mol. The monoisotopic (exact) mass is 307 g/mol. The Morgan fingerprint density at radius 2 is 1.82 bits per heavy atom. The fraction of sp³-hybridized carbons (Fsp3) is 0.529. The summed E-state index contributed by atoms with van der Waals surface area (Å²) in [5, 5.41) is 2.83. The fourth-order valence-corrected chi connectivity index (χ4v) is 1.88. The van der Waals surface area contributed by atoms with E-state index in [-0.39, 0.29) is 30.8 Å². The van der Waals surface area contributed by atoms with Crippen molar-refractivity contribution in [2.24, 2.45) is 11.8 Å². The summed E-state index contributed by atoms with van der Waals surface area (Å²) < 4.78 is 10.2. The molecule has 1 rings (SSSR count). The lowest BCUT2D eigenvalue weighted by atomic mass is 10.1. The molecule has 0 heterocycles. The molecule has 1 amide bonds. The van der Waals surface area contributed by atoms with Crippen LogP contribution < -0.4 is 5.32 Å². The summed E-state index contributed by atoms with van der Waals surface area (Å²) in [7, 11) is 1.51. The van der Waals surface area contributed by atoms with E-state index in [9.17, 15) is 9.59 Å². The number of ether oxygens (including phenoxy) is 2. The fourth-order valence-electron chi connectivity index (χ4n) is 1.88. The highest BCUT2D eigenvalue weighted by atomic mass is 16.5. The first-order valence-corrected chi connectivity index (χ1v) is 7.49. The lowest BCUT2D eigenvalue weighted by molar-refractivity contribution is -0.148. The minimum absolute atomic E-state index is 0.0290. The van der Waals surface area contributed by atoms with Gasteiger partial charge in [-0.05, 0) is 11.5 Å². The van der Waals surface area contributed by atoms with E-state index in [1.54, 1.807) is 0 Å². The second-order valence-corrected chi connectivity index (χ2v) is 5.64. The van der Waals surface area contributed by atoms with Crippen molar-refractivity contribution in [3.8, 4) is 0 Å². The Hall–Kier alpha value is -1.88. The number of hydrogen-bond donors (Lipinski definition) is 1. The second kappa shape index (κ2) is 9.95. The summed E-state index contributed by atoms with van der Waals surface area (Å²) in [6, 6.07) is 9.61. The average molecular weight is 307 g/mol. The Bertz CT molecular complexity index is 459. The lowest BCUT2D eigenvalue weighted by Gasteiger charge is -2.16. The van der Waals surface area contributed by atoms with Gasteiger partial charge in [0.05, 0.1) is 25.6 Å². The molecule has 0 spiro atoms. The molecule has 0 aliphatic carbocycles. The number of amides is 1. The Kier molecular flexibility index (Phi) is 8.22. The van der Waals surface area contributed by atoms with E-state index in [1.807, 2.05) is 44.2 Å². The predicted octanol–water partition coefficient (Wildman–Crippen LogP) is 2.15. The third-order valence-corrected chi connectivity index (χ3v) is 3.04. The zero-order valence-electron chi connectivity index (χ0n) is 13.5. The minimum Gasteiger partial charge on any atom is -0.465 e. The van der Waals surface area contributed by atoms with Gasteiger partial charge in [0.15, 0.2) is 0 Å². The van der Waals surface area contributed by atoms with Gasteiger partial charge in [0, 0.05) is 13.7 Å². The molecule has 122 valence electrons. The van der Waals surface area contributed by atoms with Crippen LogP contribution in [0, 0.1) is 11.8 Å². The Morgan fingerprint density at radius 1 is 1.14 bits per heavy atom. The van der Waals surface area contributed by atoms with Crippen molar-refractivity contribution in [1.82, 2.24) is 5.32 Å². The zero-order chi connectivity index (χ0) is 16.4. The van der Waals surface area contributed by atoms with Gasteiger partial charge < -0.3 is 14.8 Å². The molecule has 1 aromatic rings. The van der Waals surface area contributed by atoms with E-state index in [0.29, 0.717) is 13.2 Å². The third kappa shape index (κ3) is 7.22. The Balaban J connectivity index is 2.47. The molecule has 1 aromatic carbocycles. The summed E-state index contributed by atoms with van der Waals surface area (Å²) in [6.07, 6.45) is 0.0290. The molecule has 1 atom stereocenters. The highest BCUT2D eigenvalue weighted by Gasteiger charge is 2.22. The lowest BCUT2D eigenvalue weighted by Crippen LogP contribution is -2.34. The van der Waals surface area contributed by atoms with Crippen LogP contribution in [0.3, 0.4) is 0 Å². The van der Waals surface area contributed by atoms with Gasteiger partial charge in [-0.2, -0.15) is 0 Å². The summed E-state index contributed by atoms with van der Waals surface area (Å²) >= 11 is 0. The highest BCUT2D eigenvalue weighted by molar-refractivity contribution is 5.83. The normalized spacial score (nSPS) is 12.0. The van der Waals surface area contributed by atoms with Crippen LogP contribution in [0.2, 0.25) is 0 Å². The molecule has 22 heavy (non-hydrogen) atoms. The van der Waals surface area contributed by atoms with Gasteiger partial charge in [-0.15, -0.1) is 0 Å². The molecule has 5 heteroatoms. The molecule has 0 aliphatic heterocycles. The van der Waals surface area contributed by atoms with E-state index < -0.39 is 5.92 Å². The first-order chi connectivity index (χ1) is 10.5. The second-order valence-electron chi connectivity index (χ2n) is 5.64. The van der Waals surface area contributed by atoms with E-state index in [1.165, 1.54) is 7.11 Å². The third-order valence-electron chi connectivity index (χ3n) is 3.04. The van der Waals surface area contributed by atoms with Crippen molar-refractivity contribution < 1.29 is 19.1 Å². The molecule has 0 saturated heterocycles. The molecule has 0 aliphatic rings. The Morgan fingerprint density at radius 3 is 2.41 bits per heavy atom. The first kappa shape index (κ1) is 18.2. The van der Waals surface area contributed by atoms with Gasteiger partial charge in [0.2, 0.25) is 5.91 Å². The molecular weight excluding hydrogens is 282 g/mol. The molecule has 0 saturated carbocycles. The SMILES string of the molecule is COC[C@@H](CC(=O)OCC(C)C)C(=O)NCc1ccccc1. The van der Waals surface area contributed by atoms with Crippen LogP contribution in [0.5, 0.6) is 0 Å². The van der Waals surface area contributed by atoms with Gasteiger partial charge in [-0.3, -0.25) is 9.59 Å². The van der Waals surface area contributed by atoms with Crippen LogP contribution in [0.1, 0.15) is 25.8 Å². The van der Waals surface area contributed by atoms with Gasteiger partial charge in [0.25, 0.3) is 0 Å². The van der Waals surface area contributed by atoms with Crippen LogP contribution in [-0.2, 0) is 25.6 Å².